The van der Waals surface area contributed by atoms with E-state index < -0.39 is 5.91 Å². The lowest BCUT2D eigenvalue weighted by Gasteiger charge is -2.03. The standard InChI is InChI=1S/C20H22N4O3S/c1-5-10-23-16-9-8-14(19(26)27-7-3)12-17(16)28-20(23)21-18(25)15-11-13(4)24(6-2)22-15/h5,8-9,11-12H,1,6-7,10H2,2-4H3. The van der Waals surface area contributed by atoms with Crippen LogP contribution in [-0.2, 0) is 17.8 Å². The zero-order chi connectivity index (χ0) is 20.3. The number of allylic oxidation sites excluding steroid dienone is 1. The summed E-state index contributed by atoms with van der Waals surface area (Å²) in [7, 11) is 0. The molecule has 0 spiro atoms. The van der Waals surface area contributed by atoms with E-state index in [0.29, 0.717) is 35.8 Å². The lowest BCUT2D eigenvalue weighted by Crippen LogP contribution is -2.16. The van der Waals surface area contributed by atoms with Gasteiger partial charge in [0.2, 0.25) is 0 Å². The molecule has 0 radical (unpaired) electrons. The fourth-order valence-corrected chi connectivity index (χ4v) is 3.96. The summed E-state index contributed by atoms with van der Waals surface area (Å²) < 4.78 is 9.56. The fraction of sp³-hybridized carbons (Fsp3) is 0.300. The van der Waals surface area contributed by atoms with Gasteiger partial charge in [0, 0.05) is 18.8 Å². The number of amides is 1. The highest BCUT2D eigenvalue weighted by Crippen LogP contribution is 2.20. The van der Waals surface area contributed by atoms with Crippen LogP contribution < -0.4 is 4.80 Å². The predicted molar refractivity (Wildman–Crippen MR) is 109 cm³/mol. The van der Waals surface area contributed by atoms with Crippen LogP contribution in [0.2, 0.25) is 0 Å². The zero-order valence-corrected chi connectivity index (χ0v) is 17.0. The number of thiazole rings is 1. The van der Waals surface area contributed by atoms with E-state index >= 15 is 0 Å². The van der Waals surface area contributed by atoms with Gasteiger partial charge < -0.3 is 9.30 Å². The van der Waals surface area contributed by atoms with Gasteiger partial charge in [-0.2, -0.15) is 10.1 Å². The van der Waals surface area contributed by atoms with E-state index in [1.807, 2.05) is 24.5 Å². The molecule has 0 N–H and O–H groups in total. The summed E-state index contributed by atoms with van der Waals surface area (Å²) in [5.74, 6) is -0.770. The number of hydrogen-bond donors (Lipinski definition) is 0. The number of aromatic nitrogens is 3. The van der Waals surface area contributed by atoms with Crippen LogP contribution in [0.25, 0.3) is 10.2 Å². The van der Waals surface area contributed by atoms with Crippen molar-refractivity contribution in [3.8, 4) is 0 Å². The second-order valence-electron chi connectivity index (χ2n) is 6.09. The zero-order valence-electron chi connectivity index (χ0n) is 16.1. The Kier molecular flexibility index (Phi) is 5.89. The van der Waals surface area contributed by atoms with Crippen LogP contribution in [0, 0.1) is 6.92 Å². The predicted octanol–water partition coefficient (Wildman–Crippen LogP) is 3.33. The quantitative estimate of drug-likeness (QED) is 0.471. The third-order valence-electron chi connectivity index (χ3n) is 4.20. The molecule has 0 bridgehead atoms. The third kappa shape index (κ3) is 3.82. The Morgan fingerprint density at radius 3 is 2.75 bits per heavy atom. The highest BCUT2D eigenvalue weighted by atomic mass is 32.1. The minimum Gasteiger partial charge on any atom is -0.462 e. The number of carbonyl (C=O) groups excluding carboxylic acids is 2. The van der Waals surface area contributed by atoms with Crippen LogP contribution in [0.15, 0.2) is 41.9 Å². The summed E-state index contributed by atoms with van der Waals surface area (Å²) in [4.78, 5) is 29.5. The van der Waals surface area contributed by atoms with E-state index in [-0.39, 0.29) is 5.97 Å². The fourth-order valence-electron chi connectivity index (χ4n) is 2.88. The molecular formula is C20H22N4O3S. The van der Waals surface area contributed by atoms with Gasteiger partial charge in [-0.15, -0.1) is 6.58 Å². The number of benzene rings is 1. The van der Waals surface area contributed by atoms with E-state index in [1.54, 1.807) is 35.9 Å². The van der Waals surface area contributed by atoms with E-state index in [1.165, 1.54) is 11.3 Å². The molecule has 8 heteroatoms. The molecule has 0 saturated heterocycles. The first-order chi connectivity index (χ1) is 13.5. The van der Waals surface area contributed by atoms with Gasteiger partial charge in [-0.3, -0.25) is 9.48 Å². The molecule has 0 fully saturated rings. The summed E-state index contributed by atoms with van der Waals surface area (Å²) in [5, 5.41) is 4.30. The molecule has 0 unspecified atom stereocenters. The second-order valence-corrected chi connectivity index (χ2v) is 7.10. The first-order valence-electron chi connectivity index (χ1n) is 9.03. The first-order valence-corrected chi connectivity index (χ1v) is 9.85. The highest BCUT2D eigenvalue weighted by molar-refractivity contribution is 7.16. The number of rotatable bonds is 6. The molecule has 0 atom stereocenters. The highest BCUT2D eigenvalue weighted by Gasteiger charge is 2.14. The van der Waals surface area contributed by atoms with Crippen molar-refractivity contribution in [1.29, 1.82) is 0 Å². The number of fused-ring (bicyclic) bond motifs is 1. The van der Waals surface area contributed by atoms with Crippen LogP contribution in [0.5, 0.6) is 0 Å². The second kappa shape index (κ2) is 8.35. The van der Waals surface area contributed by atoms with Crippen LogP contribution in [0.3, 0.4) is 0 Å². The van der Waals surface area contributed by atoms with E-state index in [2.05, 4.69) is 16.7 Å². The van der Waals surface area contributed by atoms with Crippen molar-refractivity contribution in [2.45, 2.75) is 33.9 Å². The van der Waals surface area contributed by atoms with Gasteiger partial charge in [-0.05, 0) is 45.0 Å². The van der Waals surface area contributed by atoms with Crippen molar-refractivity contribution >= 4 is 33.4 Å². The molecule has 3 rings (SSSR count). The maximum absolute atomic E-state index is 12.6. The third-order valence-corrected chi connectivity index (χ3v) is 5.24. The number of esters is 1. The van der Waals surface area contributed by atoms with Crippen molar-refractivity contribution in [1.82, 2.24) is 14.3 Å². The summed E-state index contributed by atoms with van der Waals surface area (Å²) in [5.41, 5.74) is 2.57. The topological polar surface area (TPSA) is 78.5 Å². The number of nitrogens with zero attached hydrogens (tertiary/aromatic N) is 4. The molecule has 0 saturated carbocycles. The van der Waals surface area contributed by atoms with Crippen molar-refractivity contribution in [3.05, 3.63) is 58.7 Å². The van der Waals surface area contributed by atoms with Crippen LogP contribution >= 0.6 is 11.3 Å². The Hall–Kier alpha value is -3.00. The monoisotopic (exact) mass is 398 g/mol. The van der Waals surface area contributed by atoms with Crippen molar-refractivity contribution in [2.75, 3.05) is 6.61 Å². The minimum atomic E-state index is -0.398. The number of carbonyl (C=O) groups is 2. The van der Waals surface area contributed by atoms with Gasteiger partial charge in [-0.1, -0.05) is 17.4 Å². The molecule has 0 aliphatic carbocycles. The molecule has 0 aliphatic heterocycles. The molecule has 1 amide bonds. The van der Waals surface area contributed by atoms with Crippen molar-refractivity contribution < 1.29 is 14.3 Å². The Labute approximate surface area is 166 Å². The summed E-state index contributed by atoms with van der Waals surface area (Å²) >= 11 is 1.34. The molecule has 146 valence electrons. The number of aryl methyl sites for hydroxylation is 2. The van der Waals surface area contributed by atoms with Crippen LogP contribution in [0.4, 0.5) is 0 Å². The van der Waals surface area contributed by atoms with Crippen LogP contribution in [-0.4, -0.2) is 32.8 Å². The average Bonchev–Trinajstić information content (AvgIpc) is 3.22. The number of hydrogen-bond acceptors (Lipinski definition) is 5. The van der Waals surface area contributed by atoms with E-state index in [4.69, 9.17) is 4.74 Å². The molecule has 28 heavy (non-hydrogen) atoms. The molecule has 7 nitrogen and oxygen atoms in total. The Bertz CT molecular complexity index is 1120. The Morgan fingerprint density at radius 1 is 1.32 bits per heavy atom. The summed E-state index contributed by atoms with van der Waals surface area (Å²) in [6, 6.07) is 7.04. The van der Waals surface area contributed by atoms with E-state index in [9.17, 15) is 9.59 Å². The maximum atomic E-state index is 12.6. The van der Waals surface area contributed by atoms with Crippen molar-refractivity contribution in [2.24, 2.45) is 4.99 Å². The molecule has 3 aromatic rings. The van der Waals surface area contributed by atoms with Gasteiger partial charge in [-0.25, -0.2) is 4.79 Å². The van der Waals surface area contributed by atoms with Gasteiger partial charge >= 0.3 is 5.97 Å². The molecular weight excluding hydrogens is 376 g/mol. The van der Waals surface area contributed by atoms with E-state index in [0.717, 1.165) is 15.9 Å². The lowest BCUT2D eigenvalue weighted by molar-refractivity contribution is 0.0526. The van der Waals surface area contributed by atoms with Crippen LogP contribution in [0.1, 0.15) is 40.4 Å². The summed E-state index contributed by atoms with van der Waals surface area (Å²) in [6.45, 7) is 10.9. The molecule has 1 aromatic carbocycles. The van der Waals surface area contributed by atoms with Gasteiger partial charge in [0.25, 0.3) is 5.91 Å². The van der Waals surface area contributed by atoms with Gasteiger partial charge in [0.05, 0.1) is 22.4 Å². The summed E-state index contributed by atoms with van der Waals surface area (Å²) in [6.07, 6.45) is 1.74. The maximum Gasteiger partial charge on any atom is 0.338 e. The first kappa shape index (κ1) is 19.8. The van der Waals surface area contributed by atoms with Gasteiger partial charge in [0.15, 0.2) is 10.5 Å². The molecule has 0 aliphatic rings. The minimum absolute atomic E-state index is 0.314. The normalized spacial score (nSPS) is 11.8. The average molecular weight is 398 g/mol. The van der Waals surface area contributed by atoms with Gasteiger partial charge in [0.1, 0.15) is 0 Å². The Balaban J connectivity index is 2.08. The van der Waals surface area contributed by atoms with Crippen molar-refractivity contribution in [3.63, 3.8) is 0 Å². The lowest BCUT2D eigenvalue weighted by atomic mass is 10.2. The smallest absolute Gasteiger partial charge is 0.338 e. The number of ether oxygens (including phenoxy) is 1. The largest absolute Gasteiger partial charge is 0.462 e. The Morgan fingerprint density at radius 2 is 2.11 bits per heavy atom. The molecule has 2 aromatic heterocycles. The molecule has 2 heterocycles. The SMILES string of the molecule is C=CCn1c(=NC(=O)c2cc(C)n(CC)n2)sc2cc(C(=O)OCC)ccc21.